The van der Waals surface area contributed by atoms with Crippen LogP contribution in [0.25, 0.3) is 0 Å². The van der Waals surface area contributed by atoms with Crippen LogP contribution >= 0.6 is 0 Å². The van der Waals surface area contributed by atoms with Crippen LogP contribution in [0.3, 0.4) is 0 Å². The number of hydrogen-bond donors (Lipinski definition) is 1. The van der Waals surface area contributed by atoms with Crippen molar-refractivity contribution in [2.75, 3.05) is 24.5 Å². The summed E-state index contributed by atoms with van der Waals surface area (Å²) in [7, 11) is 0. The lowest BCUT2D eigenvalue weighted by atomic mass is 9.86. The second-order valence-corrected chi connectivity index (χ2v) is 8.14. The van der Waals surface area contributed by atoms with Crippen molar-refractivity contribution in [1.29, 1.82) is 0 Å². The number of aliphatic hydroxyl groups is 1. The second-order valence-electron chi connectivity index (χ2n) is 8.14. The van der Waals surface area contributed by atoms with Crippen LogP contribution < -0.4 is 4.90 Å². The molecule has 2 aliphatic heterocycles. The molecule has 0 aliphatic carbocycles. The number of likely N-dealkylation sites (tertiary alicyclic amines) is 1. The Morgan fingerprint density at radius 1 is 1.03 bits per heavy atom. The Balaban J connectivity index is 1.38. The van der Waals surface area contributed by atoms with E-state index in [9.17, 15) is 23.1 Å². The van der Waals surface area contributed by atoms with Crippen LogP contribution in [-0.2, 0) is 0 Å². The van der Waals surface area contributed by atoms with Crippen molar-refractivity contribution in [3.63, 3.8) is 0 Å². The Morgan fingerprint density at radius 3 is 2.41 bits per heavy atom. The Bertz CT molecular complexity index is 1040. The second kappa shape index (κ2) is 9.16. The number of amides is 1. The van der Waals surface area contributed by atoms with E-state index >= 15 is 0 Å². The van der Waals surface area contributed by atoms with Gasteiger partial charge in [-0.3, -0.25) is 9.79 Å². The molecule has 4 rings (SSSR count). The standard InChI is InChI=1S/C24H24F3N3O2/c25-19(22(26)27)9-10-24(32)11-14-29(15-12-24)23(31)17-5-7-18(8-6-17)30-16-13-28-20-3-1-2-4-21(20)30/h1-8,13,32H,9-12,14-16H2. The number of carbonyl (C=O) groups is 1. The fourth-order valence-corrected chi connectivity index (χ4v) is 4.14. The van der Waals surface area contributed by atoms with Gasteiger partial charge in [0.2, 0.25) is 0 Å². The van der Waals surface area contributed by atoms with Crippen molar-refractivity contribution in [2.45, 2.75) is 31.3 Å². The molecule has 2 aromatic rings. The van der Waals surface area contributed by atoms with Crippen LogP contribution in [-0.4, -0.2) is 47.4 Å². The number of anilines is 2. The van der Waals surface area contributed by atoms with Crippen molar-refractivity contribution in [1.82, 2.24) is 4.90 Å². The summed E-state index contributed by atoms with van der Waals surface area (Å²) in [4.78, 5) is 21.1. The molecule has 168 valence electrons. The molecule has 0 radical (unpaired) electrons. The highest BCUT2D eigenvalue weighted by Gasteiger charge is 2.34. The maximum atomic E-state index is 13.1. The molecule has 0 aromatic heterocycles. The molecule has 1 N–H and O–H groups in total. The number of nitrogens with zero attached hydrogens (tertiary/aromatic N) is 3. The summed E-state index contributed by atoms with van der Waals surface area (Å²) in [5.41, 5.74) is 2.14. The van der Waals surface area contributed by atoms with Crippen molar-refractivity contribution >= 4 is 29.2 Å². The summed E-state index contributed by atoms with van der Waals surface area (Å²) >= 11 is 0. The molecule has 0 saturated carbocycles. The van der Waals surface area contributed by atoms with Gasteiger partial charge < -0.3 is 14.9 Å². The summed E-state index contributed by atoms with van der Waals surface area (Å²) in [5, 5.41) is 10.5. The molecule has 8 heteroatoms. The normalized spacial score (nSPS) is 17.1. The number of rotatable bonds is 5. The van der Waals surface area contributed by atoms with E-state index in [-0.39, 0.29) is 38.3 Å². The Hall–Kier alpha value is -3.13. The molecular weight excluding hydrogens is 419 g/mol. The zero-order valence-corrected chi connectivity index (χ0v) is 17.5. The van der Waals surface area contributed by atoms with Gasteiger partial charge in [-0.15, -0.1) is 0 Å². The zero-order chi connectivity index (χ0) is 22.7. The van der Waals surface area contributed by atoms with Crippen molar-refractivity contribution < 1.29 is 23.1 Å². The van der Waals surface area contributed by atoms with Crippen LogP contribution in [0.15, 0.2) is 65.4 Å². The Morgan fingerprint density at radius 2 is 1.72 bits per heavy atom. The minimum Gasteiger partial charge on any atom is -0.390 e. The minimum atomic E-state index is -2.34. The van der Waals surface area contributed by atoms with E-state index in [2.05, 4.69) is 9.89 Å². The van der Waals surface area contributed by atoms with Crippen LogP contribution in [0.5, 0.6) is 0 Å². The highest BCUT2D eigenvalue weighted by atomic mass is 19.3. The van der Waals surface area contributed by atoms with Gasteiger partial charge in [-0.05, 0) is 55.7 Å². The summed E-state index contributed by atoms with van der Waals surface area (Å²) in [5.74, 6) is -1.64. The van der Waals surface area contributed by atoms with Crippen LogP contribution in [0, 0.1) is 0 Å². The van der Waals surface area contributed by atoms with E-state index in [0.29, 0.717) is 12.1 Å². The first-order valence-corrected chi connectivity index (χ1v) is 10.6. The molecule has 2 heterocycles. The lowest BCUT2D eigenvalue weighted by molar-refractivity contribution is -0.0236. The van der Waals surface area contributed by atoms with Gasteiger partial charge in [-0.2, -0.15) is 8.78 Å². The quantitative estimate of drug-likeness (QED) is 0.676. The topological polar surface area (TPSA) is 56.1 Å². The van der Waals surface area contributed by atoms with E-state index in [0.717, 1.165) is 17.1 Å². The van der Waals surface area contributed by atoms with Gasteiger partial charge in [0.05, 0.1) is 23.5 Å². The molecule has 0 unspecified atom stereocenters. The average molecular weight is 443 g/mol. The molecule has 5 nitrogen and oxygen atoms in total. The van der Waals surface area contributed by atoms with Gasteiger partial charge in [0.25, 0.3) is 5.91 Å². The van der Waals surface area contributed by atoms with Gasteiger partial charge >= 0.3 is 6.08 Å². The van der Waals surface area contributed by atoms with Crippen LogP contribution in [0.1, 0.15) is 36.0 Å². The highest BCUT2D eigenvalue weighted by molar-refractivity contribution is 5.95. The number of para-hydroxylation sites is 2. The van der Waals surface area contributed by atoms with Crippen LogP contribution in [0.4, 0.5) is 30.2 Å². The van der Waals surface area contributed by atoms with E-state index in [1.165, 1.54) is 0 Å². The predicted molar refractivity (Wildman–Crippen MR) is 118 cm³/mol. The lowest BCUT2D eigenvalue weighted by Gasteiger charge is -2.38. The summed E-state index contributed by atoms with van der Waals surface area (Å²) in [6, 6.07) is 15.2. The number of benzene rings is 2. The van der Waals surface area contributed by atoms with E-state index in [4.69, 9.17) is 0 Å². The number of allylic oxidation sites excluding steroid dienone is 1. The third-order valence-corrected chi connectivity index (χ3v) is 6.09. The molecule has 0 atom stereocenters. The first-order chi connectivity index (χ1) is 15.4. The maximum Gasteiger partial charge on any atom is 0.301 e. The van der Waals surface area contributed by atoms with Gasteiger partial charge in [-0.25, -0.2) is 4.39 Å². The van der Waals surface area contributed by atoms with Gasteiger partial charge in [-0.1, -0.05) is 12.1 Å². The molecular formula is C24H24F3N3O2. The smallest absolute Gasteiger partial charge is 0.301 e. The molecule has 1 saturated heterocycles. The molecule has 32 heavy (non-hydrogen) atoms. The molecule has 2 aliphatic rings. The molecule has 0 spiro atoms. The monoisotopic (exact) mass is 443 g/mol. The number of aliphatic imine (C=N–C) groups is 1. The summed E-state index contributed by atoms with van der Waals surface area (Å²) in [6.45, 7) is 1.21. The summed E-state index contributed by atoms with van der Waals surface area (Å²) < 4.78 is 37.6. The summed E-state index contributed by atoms with van der Waals surface area (Å²) in [6.07, 6.45) is -0.638. The first kappa shape index (κ1) is 22.1. The third kappa shape index (κ3) is 4.70. The fraction of sp³-hybridized carbons (Fsp3) is 0.333. The number of halogens is 3. The maximum absolute atomic E-state index is 13.1. The van der Waals surface area contributed by atoms with E-state index in [1.807, 2.05) is 42.6 Å². The first-order valence-electron chi connectivity index (χ1n) is 10.6. The number of carbonyl (C=O) groups excluding carboxylic acids is 1. The molecule has 1 fully saturated rings. The van der Waals surface area contributed by atoms with Gasteiger partial charge in [0.1, 0.15) is 0 Å². The van der Waals surface area contributed by atoms with E-state index < -0.39 is 23.9 Å². The number of piperidine rings is 1. The Labute approximate surface area is 184 Å². The average Bonchev–Trinajstić information content (AvgIpc) is 2.82. The zero-order valence-electron chi connectivity index (χ0n) is 17.5. The van der Waals surface area contributed by atoms with Crippen molar-refractivity contribution in [3.05, 3.63) is 66.0 Å². The van der Waals surface area contributed by atoms with E-state index in [1.54, 1.807) is 17.0 Å². The highest BCUT2D eigenvalue weighted by Crippen LogP contribution is 2.36. The largest absolute Gasteiger partial charge is 0.390 e. The molecule has 2 aromatic carbocycles. The van der Waals surface area contributed by atoms with Gasteiger partial charge in [0, 0.05) is 37.0 Å². The third-order valence-electron chi connectivity index (χ3n) is 6.09. The Kier molecular flexibility index (Phi) is 6.32. The van der Waals surface area contributed by atoms with Crippen molar-refractivity contribution in [3.8, 4) is 0 Å². The number of fused-ring (bicyclic) bond motifs is 1. The number of hydrogen-bond acceptors (Lipinski definition) is 4. The van der Waals surface area contributed by atoms with Gasteiger partial charge in [0.15, 0.2) is 5.83 Å². The minimum absolute atomic E-state index is 0.0898. The van der Waals surface area contributed by atoms with Crippen molar-refractivity contribution in [2.24, 2.45) is 4.99 Å². The lowest BCUT2D eigenvalue weighted by Crippen LogP contribution is -2.46. The predicted octanol–water partition coefficient (Wildman–Crippen LogP) is 5.37. The molecule has 1 amide bonds. The molecule has 0 bridgehead atoms. The van der Waals surface area contributed by atoms with Crippen LogP contribution in [0.2, 0.25) is 0 Å². The SMILES string of the molecule is O=C(c1ccc(N2CC=Nc3ccccc32)cc1)N1CCC(O)(CCC(F)=C(F)F)CC1. The fourth-order valence-electron chi connectivity index (χ4n) is 4.14.